The second-order valence-corrected chi connectivity index (χ2v) is 5.61. The van der Waals surface area contributed by atoms with Crippen molar-refractivity contribution in [2.45, 2.75) is 32.1 Å². The number of piperidine rings is 1. The van der Waals surface area contributed by atoms with Crippen molar-refractivity contribution >= 4 is 5.82 Å². The molecule has 0 bridgehead atoms. The van der Waals surface area contributed by atoms with Crippen LogP contribution in [0.1, 0.15) is 35.8 Å². The summed E-state index contributed by atoms with van der Waals surface area (Å²) in [5.74, 6) is 1.35. The highest BCUT2D eigenvalue weighted by atomic mass is 16.3. The van der Waals surface area contributed by atoms with Gasteiger partial charge in [-0.3, -0.25) is 5.10 Å². The van der Waals surface area contributed by atoms with Gasteiger partial charge in [0.2, 0.25) is 0 Å². The maximum absolute atomic E-state index is 8.98. The Bertz CT molecular complexity index is 580. The monoisotopic (exact) mass is 287 g/mol. The van der Waals surface area contributed by atoms with Crippen LogP contribution in [0.5, 0.6) is 0 Å². The molecule has 6 heteroatoms. The van der Waals surface area contributed by atoms with Crippen LogP contribution in [0.3, 0.4) is 0 Å². The van der Waals surface area contributed by atoms with E-state index in [1.54, 1.807) is 0 Å². The van der Waals surface area contributed by atoms with Crippen molar-refractivity contribution in [3.63, 3.8) is 0 Å². The fourth-order valence-electron chi connectivity index (χ4n) is 2.82. The SMILES string of the molecule is Cc1ccc(N2CCCC(c3cc(CCO)[nH]n3)C2)nn1. The number of rotatable bonds is 4. The van der Waals surface area contributed by atoms with Crippen molar-refractivity contribution in [2.75, 3.05) is 24.6 Å². The van der Waals surface area contributed by atoms with E-state index < -0.39 is 0 Å². The number of anilines is 1. The first-order valence-corrected chi connectivity index (χ1v) is 7.46. The Morgan fingerprint density at radius 3 is 3.05 bits per heavy atom. The minimum atomic E-state index is 0.150. The number of aliphatic hydroxyl groups excluding tert-OH is 1. The number of nitrogens with one attached hydrogen (secondary N) is 1. The van der Waals surface area contributed by atoms with Crippen LogP contribution in [-0.4, -0.2) is 45.2 Å². The zero-order valence-electron chi connectivity index (χ0n) is 12.3. The molecule has 0 aromatic carbocycles. The summed E-state index contributed by atoms with van der Waals surface area (Å²) in [6.45, 7) is 4.03. The lowest BCUT2D eigenvalue weighted by Gasteiger charge is -2.32. The highest BCUT2D eigenvalue weighted by molar-refractivity contribution is 5.39. The van der Waals surface area contributed by atoms with E-state index in [-0.39, 0.29) is 6.61 Å². The number of aromatic amines is 1. The summed E-state index contributed by atoms with van der Waals surface area (Å²) in [4.78, 5) is 2.28. The number of aryl methyl sites for hydroxylation is 1. The molecule has 112 valence electrons. The molecule has 2 N–H and O–H groups in total. The van der Waals surface area contributed by atoms with Gasteiger partial charge in [0.15, 0.2) is 5.82 Å². The van der Waals surface area contributed by atoms with Crippen LogP contribution in [0.25, 0.3) is 0 Å². The van der Waals surface area contributed by atoms with Crippen molar-refractivity contribution in [3.8, 4) is 0 Å². The Kier molecular flexibility index (Phi) is 4.15. The number of nitrogens with zero attached hydrogens (tertiary/aromatic N) is 4. The Labute approximate surface area is 124 Å². The third-order valence-electron chi connectivity index (χ3n) is 3.98. The van der Waals surface area contributed by atoms with Gasteiger partial charge in [-0.15, -0.1) is 5.10 Å². The van der Waals surface area contributed by atoms with Crippen molar-refractivity contribution < 1.29 is 5.11 Å². The molecule has 21 heavy (non-hydrogen) atoms. The van der Waals surface area contributed by atoms with Crippen LogP contribution in [0.2, 0.25) is 0 Å². The highest BCUT2D eigenvalue weighted by Crippen LogP contribution is 2.28. The smallest absolute Gasteiger partial charge is 0.151 e. The first-order valence-electron chi connectivity index (χ1n) is 7.46. The van der Waals surface area contributed by atoms with Gasteiger partial charge < -0.3 is 10.0 Å². The van der Waals surface area contributed by atoms with Gasteiger partial charge in [-0.25, -0.2) is 0 Å². The van der Waals surface area contributed by atoms with Crippen molar-refractivity contribution in [1.29, 1.82) is 0 Å². The van der Waals surface area contributed by atoms with Crippen LogP contribution in [0, 0.1) is 6.92 Å². The van der Waals surface area contributed by atoms with Gasteiger partial charge in [0.1, 0.15) is 0 Å². The Morgan fingerprint density at radius 1 is 1.38 bits per heavy atom. The first-order chi connectivity index (χ1) is 10.3. The molecule has 1 saturated heterocycles. The molecule has 1 aliphatic rings. The van der Waals surface area contributed by atoms with Gasteiger partial charge in [0, 0.05) is 37.7 Å². The zero-order valence-corrected chi connectivity index (χ0v) is 12.3. The molecule has 0 amide bonds. The standard InChI is InChI=1S/C15H21N5O/c1-11-4-5-15(19-16-11)20-7-2-3-12(10-20)14-9-13(6-8-21)17-18-14/h4-5,9,12,21H,2-3,6-8,10H2,1H3,(H,17,18). The molecule has 1 atom stereocenters. The summed E-state index contributed by atoms with van der Waals surface area (Å²) in [6, 6.07) is 6.11. The van der Waals surface area contributed by atoms with E-state index in [0.717, 1.165) is 48.8 Å². The van der Waals surface area contributed by atoms with Crippen LogP contribution < -0.4 is 4.90 Å². The summed E-state index contributed by atoms with van der Waals surface area (Å²) in [5.41, 5.74) is 3.02. The Hall–Kier alpha value is -1.95. The number of H-pyrrole nitrogens is 1. The molecule has 1 aliphatic heterocycles. The predicted octanol–water partition coefficient (Wildman–Crippen LogP) is 1.43. The molecule has 3 rings (SSSR count). The molecular formula is C15H21N5O. The molecular weight excluding hydrogens is 266 g/mol. The minimum Gasteiger partial charge on any atom is -0.396 e. The average Bonchev–Trinajstić information content (AvgIpc) is 2.97. The van der Waals surface area contributed by atoms with Gasteiger partial charge in [0.05, 0.1) is 11.4 Å². The molecule has 0 spiro atoms. The van der Waals surface area contributed by atoms with Crippen LogP contribution >= 0.6 is 0 Å². The van der Waals surface area contributed by atoms with Crippen molar-refractivity contribution in [3.05, 3.63) is 35.3 Å². The van der Waals surface area contributed by atoms with Gasteiger partial charge in [-0.05, 0) is 38.0 Å². The third-order valence-corrected chi connectivity index (χ3v) is 3.98. The second-order valence-electron chi connectivity index (χ2n) is 5.61. The topological polar surface area (TPSA) is 77.9 Å². The van der Waals surface area contributed by atoms with E-state index in [2.05, 4.69) is 31.4 Å². The van der Waals surface area contributed by atoms with Crippen LogP contribution in [-0.2, 0) is 6.42 Å². The molecule has 1 unspecified atom stereocenters. The van der Waals surface area contributed by atoms with Gasteiger partial charge in [-0.2, -0.15) is 10.2 Å². The Morgan fingerprint density at radius 2 is 2.29 bits per heavy atom. The molecule has 0 saturated carbocycles. The number of hydrogen-bond acceptors (Lipinski definition) is 5. The lowest BCUT2D eigenvalue weighted by Crippen LogP contribution is -2.35. The molecule has 3 heterocycles. The van der Waals surface area contributed by atoms with E-state index in [4.69, 9.17) is 5.11 Å². The lowest BCUT2D eigenvalue weighted by molar-refractivity contribution is 0.298. The first kappa shape index (κ1) is 14.0. The second kappa shape index (κ2) is 6.22. The maximum atomic E-state index is 8.98. The molecule has 0 radical (unpaired) electrons. The minimum absolute atomic E-state index is 0.150. The van der Waals surface area contributed by atoms with E-state index in [1.165, 1.54) is 0 Å². The Balaban J connectivity index is 1.71. The van der Waals surface area contributed by atoms with E-state index >= 15 is 0 Å². The predicted molar refractivity (Wildman–Crippen MR) is 80.3 cm³/mol. The number of hydrogen-bond donors (Lipinski definition) is 2. The van der Waals surface area contributed by atoms with Crippen LogP contribution in [0.15, 0.2) is 18.2 Å². The van der Waals surface area contributed by atoms with Crippen molar-refractivity contribution in [1.82, 2.24) is 20.4 Å². The number of aromatic nitrogens is 4. The van der Waals surface area contributed by atoms with Gasteiger partial charge in [-0.1, -0.05) is 0 Å². The zero-order chi connectivity index (χ0) is 14.7. The molecule has 1 fully saturated rings. The lowest BCUT2D eigenvalue weighted by atomic mass is 9.94. The van der Waals surface area contributed by atoms with Crippen molar-refractivity contribution in [2.24, 2.45) is 0 Å². The summed E-state index contributed by atoms with van der Waals surface area (Å²) in [6.07, 6.45) is 2.90. The molecule has 6 nitrogen and oxygen atoms in total. The third kappa shape index (κ3) is 3.21. The summed E-state index contributed by atoms with van der Waals surface area (Å²) >= 11 is 0. The molecule has 0 aliphatic carbocycles. The maximum Gasteiger partial charge on any atom is 0.151 e. The molecule has 2 aromatic rings. The van der Waals surface area contributed by atoms with Gasteiger partial charge in [0.25, 0.3) is 0 Å². The van der Waals surface area contributed by atoms with E-state index in [1.807, 2.05) is 19.1 Å². The fraction of sp³-hybridized carbons (Fsp3) is 0.533. The fourth-order valence-corrected chi connectivity index (χ4v) is 2.82. The van der Waals surface area contributed by atoms with Gasteiger partial charge >= 0.3 is 0 Å². The molecule has 2 aromatic heterocycles. The number of aliphatic hydroxyl groups is 1. The normalized spacial score (nSPS) is 19.0. The quantitative estimate of drug-likeness (QED) is 0.889. The highest BCUT2D eigenvalue weighted by Gasteiger charge is 2.24. The average molecular weight is 287 g/mol. The summed E-state index contributed by atoms with van der Waals surface area (Å²) < 4.78 is 0. The van der Waals surface area contributed by atoms with E-state index in [0.29, 0.717) is 12.3 Å². The summed E-state index contributed by atoms with van der Waals surface area (Å²) in [5, 5.41) is 24.8. The summed E-state index contributed by atoms with van der Waals surface area (Å²) in [7, 11) is 0. The van der Waals surface area contributed by atoms with Crippen LogP contribution in [0.4, 0.5) is 5.82 Å². The largest absolute Gasteiger partial charge is 0.396 e. The van der Waals surface area contributed by atoms with E-state index in [9.17, 15) is 0 Å².